The summed E-state index contributed by atoms with van der Waals surface area (Å²) >= 11 is 1.26. The molecule has 1 aliphatic rings. The lowest BCUT2D eigenvalue weighted by Gasteiger charge is -2.27. The van der Waals surface area contributed by atoms with Crippen molar-refractivity contribution in [3.8, 4) is 0 Å². The average molecular weight is 653 g/mol. The van der Waals surface area contributed by atoms with E-state index in [0.717, 1.165) is 5.56 Å². The molecule has 1 aliphatic heterocycles. The van der Waals surface area contributed by atoms with Crippen molar-refractivity contribution in [3.63, 3.8) is 0 Å². The normalized spacial score (nSPS) is 16.2. The van der Waals surface area contributed by atoms with Gasteiger partial charge in [-0.25, -0.2) is 22.8 Å². The van der Waals surface area contributed by atoms with Gasteiger partial charge in [0.05, 0.1) is 0 Å². The van der Waals surface area contributed by atoms with Gasteiger partial charge in [0, 0.05) is 43.1 Å². The number of halogens is 3. The first kappa shape index (κ1) is 35.5. The van der Waals surface area contributed by atoms with Gasteiger partial charge in [-0.05, 0) is 62.4 Å². The average Bonchev–Trinajstić information content (AvgIpc) is 3.43. The number of thioether (sulfide) groups is 1. The minimum Gasteiger partial charge on any atom is -0.480 e. The molecule has 0 aliphatic carbocycles. The van der Waals surface area contributed by atoms with Gasteiger partial charge >= 0.3 is 12.1 Å². The second-order valence-electron chi connectivity index (χ2n) is 12.0. The first-order chi connectivity index (χ1) is 21.0. The van der Waals surface area contributed by atoms with Crippen molar-refractivity contribution in [1.82, 2.24) is 15.5 Å². The number of carbonyl (C=O) groups is 4. The highest BCUT2D eigenvalue weighted by Crippen LogP contribution is 2.26. The molecule has 0 bridgehead atoms. The predicted octanol–water partition coefficient (Wildman–Crippen LogP) is 4.67. The van der Waals surface area contributed by atoms with Crippen LogP contribution in [0.15, 0.2) is 36.4 Å². The van der Waals surface area contributed by atoms with Gasteiger partial charge in [-0.15, -0.1) is 11.8 Å². The number of anilines is 1. The highest BCUT2D eigenvalue weighted by atomic mass is 32.2. The fourth-order valence-electron chi connectivity index (χ4n) is 4.59. The van der Waals surface area contributed by atoms with Crippen LogP contribution in [0.1, 0.15) is 52.2 Å². The van der Waals surface area contributed by atoms with Crippen molar-refractivity contribution < 1.29 is 42.2 Å². The fraction of sp³-hybridized carbons (Fsp3) is 0.484. The van der Waals surface area contributed by atoms with Crippen LogP contribution >= 0.6 is 11.8 Å². The summed E-state index contributed by atoms with van der Waals surface area (Å²) in [6, 6.07) is 6.20. The van der Waals surface area contributed by atoms with E-state index in [1.807, 2.05) is 0 Å². The van der Waals surface area contributed by atoms with Crippen LogP contribution in [-0.2, 0) is 32.1 Å². The molecule has 1 fully saturated rings. The van der Waals surface area contributed by atoms with E-state index in [1.54, 1.807) is 58.9 Å². The number of hydrogen-bond donors (Lipinski definition) is 4. The van der Waals surface area contributed by atoms with Crippen LogP contribution in [0.4, 0.5) is 23.7 Å². The Morgan fingerprint density at radius 3 is 2.29 bits per heavy atom. The third-order valence-corrected chi connectivity index (χ3v) is 8.01. The lowest BCUT2D eigenvalue weighted by Crippen LogP contribution is -2.48. The number of ether oxygens (including phenoxy) is 1. The molecule has 3 atom stereocenters. The number of carboxylic acids is 1. The number of benzene rings is 2. The summed E-state index contributed by atoms with van der Waals surface area (Å²) in [5.74, 6) is -5.20. The summed E-state index contributed by atoms with van der Waals surface area (Å²) in [5.41, 5.74) is 0.261. The van der Waals surface area contributed by atoms with Crippen LogP contribution in [0, 0.1) is 23.4 Å². The molecule has 4 N–H and O–H groups in total. The molecular formula is C31H39F3N4O6S. The Labute approximate surface area is 264 Å². The second-order valence-corrected chi connectivity index (χ2v) is 13.2. The zero-order valence-corrected chi connectivity index (χ0v) is 26.6. The van der Waals surface area contributed by atoms with E-state index in [0.29, 0.717) is 23.6 Å². The summed E-state index contributed by atoms with van der Waals surface area (Å²) in [7, 11) is 0. The molecule has 246 valence electrons. The lowest BCUT2D eigenvalue weighted by atomic mass is 10.0. The number of alkyl carbamates (subject to hydrolysis) is 1. The molecule has 0 radical (unpaired) electrons. The SMILES string of the molecule is CC(C)C(Nc1ccc(CNC(=O)C2SCCN2C(=O)CC(Cc2cc(F)c(F)cc2F)NC(=O)OC(C)(C)C)cc1)C(=O)O. The maximum absolute atomic E-state index is 14.4. The lowest BCUT2D eigenvalue weighted by molar-refractivity contribution is -0.139. The topological polar surface area (TPSA) is 137 Å². The Bertz CT molecular complexity index is 1390. The molecule has 45 heavy (non-hydrogen) atoms. The molecule has 0 saturated carbocycles. The van der Waals surface area contributed by atoms with Gasteiger partial charge in [0.25, 0.3) is 5.91 Å². The predicted molar refractivity (Wildman–Crippen MR) is 164 cm³/mol. The van der Waals surface area contributed by atoms with Gasteiger partial charge in [0.15, 0.2) is 17.0 Å². The van der Waals surface area contributed by atoms with Gasteiger partial charge in [-0.2, -0.15) is 0 Å². The summed E-state index contributed by atoms with van der Waals surface area (Å²) in [6.45, 7) is 8.92. The van der Waals surface area contributed by atoms with E-state index >= 15 is 0 Å². The van der Waals surface area contributed by atoms with Crippen molar-refractivity contribution in [2.75, 3.05) is 17.6 Å². The Morgan fingerprint density at radius 1 is 1.04 bits per heavy atom. The number of carbonyl (C=O) groups excluding carboxylic acids is 3. The highest BCUT2D eigenvalue weighted by molar-refractivity contribution is 8.00. The highest BCUT2D eigenvalue weighted by Gasteiger charge is 2.36. The maximum Gasteiger partial charge on any atom is 0.407 e. The fourth-order valence-corrected chi connectivity index (χ4v) is 5.76. The monoisotopic (exact) mass is 652 g/mol. The Balaban J connectivity index is 1.65. The van der Waals surface area contributed by atoms with Gasteiger partial charge in [0.2, 0.25) is 5.91 Å². The van der Waals surface area contributed by atoms with Gasteiger partial charge in [-0.3, -0.25) is 9.59 Å². The van der Waals surface area contributed by atoms with E-state index < -0.39 is 64.4 Å². The van der Waals surface area contributed by atoms with E-state index in [4.69, 9.17) is 4.74 Å². The van der Waals surface area contributed by atoms with Crippen LogP contribution in [0.2, 0.25) is 0 Å². The molecule has 3 unspecified atom stereocenters. The Morgan fingerprint density at radius 2 is 1.69 bits per heavy atom. The summed E-state index contributed by atoms with van der Waals surface area (Å²) < 4.78 is 47.1. The number of nitrogens with one attached hydrogen (secondary N) is 3. The van der Waals surface area contributed by atoms with E-state index in [9.17, 15) is 37.5 Å². The van der Waals surface area contributed by atoms with Crippen LogP contribution in [0.5, 0.6) is 0 Å². The zero-order chi connectivity index (χ0) is 33.5. The van der Waals surface area contributed by atoms with Crippen LogP contribution < -0.4 is 16.0 Å². The molecule has 14 heteroatoms. The second kappa shape index (κ2) is 15.4. The van der Waals surface area contributed by atoms with Crippen molar-refractivity contribution >= 4 is 41.3 Å². The smallest absolute Gasteiger partial charge is 0.407 e. The number of amides is 3. The van der Waals surface area contributed by atoms with Crippen LogP contribution in [-0.4, -0.2) is 69.2 Å². The van der Waals surface area contributed by atoms with E-state index in [2.05, 4.69) is 16.0 Å². The number of hydrogen-bond acceptors (Lipinski definition) is 7. The third kappa shape index (κ3) is 10.6. The first-order valence-electron chi connectivity index (χ1n) is 14.4. The molecule has 0 spiro atoms. The molecule has 3 amide bonds. The van der Waals surface area contributed by atoms with Gasteiger partial charge < -0.3 is 30.7 Å². The van der Waals surface area contributed by atoms with Crippen molar-refractivity contribution in [2.24, 2.45) is 5.92 Å². The molecular weight excluding hydrogens is 613 g/mol. The van der Waals surface area contributed by atoms with E-state index in [-0.39, 0.29) is 37.4 Å². The summed E-state index contributed by atoms with van der Waals surface area (Å²) in [6.07, 6.45) is -1.57. The molecule has 2 aromatic rings. The summed E-state index contributed by atoms with van der Waals surface area (Å²) in [4.78, 5) is 51.8. The molecule has 0 aromatic heterocycles. The zero-order valence-electron chi connectivity index (χ0n) is 25.8. The molecule has 3 rings (SSSR count). The van der Waals surface area contributed by atoms with Crippen molar-refractivity contribution in [3.05, 3.63) is 65.0 Å². The Kier molecular flexibility index (Phi) is 12.1. The number of carboxylic acid groups (broad SMARTS) is 1. The minimum atomic E-state index is -1.36. The molecule has 2 aromatic carbocycles. The van der Waals surface area contributed by atoms with Crippen LogP contribution in [0.3, 0.4) is 0 Å². The third-order valence-electron chi connectivity index (χ3n) is 6.81. The van der Waals surface area contributed by atoms with Crippen molar-refractivity contribution in [1.29, 1.82) is 0 Å². The summed E-state index contributed by atoms with van der Waals surface area (Å²) in [5, 5.41) is 16.8. The Hall–Kier alpha value is -3.94. The largest absolute Gasteiger partial charge is 0.480 e. The first-order valence-corrected chi connectivity index (χ1v) is 15.5. The molecule has 1 saturated heterocycles. The number of rotatable bonds is 12. The maximum atomic E-state index is 14.4. The number of nitrogens with zero attached hydrogens (tertiary/aromatic N) is 1. The number of aliphatic carboxylic acids is 1. The standard InChI is InChI=1S/C31H39F3N4O6S/c1-17(2)26(29(41)42)36-20-8-6-18(7-9-20)16-35-27(40)28-38(10-11-45-28)25(39)14-21(37-30(43)44-31(3,4)5)12-19-13-23(33)24(34)15-22(19)32/h6-9,13,15,17,21,26,28,36H,10-12,14,16H2,1-5H3,(H,35,40)(H,37,43)(H,41,42). The van der Waals surface area contributed by atoms with Gasteiger partial charge in [-0.1, -0.05) is 26.0 Å². The quantitative estimate of drug-likeness (QED) is 0.243. The van der Waals surface area contributed by atoms with Crippen molar-refractivity contribution in [2.45, 2.75) is 77.1 Å². The van der Waals surface area contributed by atoms with Gasteiger partial charge in [0.1, 0.15) is 17.5 Å². The molecule has 10 nitrogen and oxygen atoms in total. The molecule has 1 heterocycles. The minimum absolute atomic E-state index is 0.133. The van der Waals surface area contributed by atoms with Crippen LogP contribution in [0.25, 0.3) is 0 Å². The van der Waals surface area contributed by atoms with E-state index in [1.165, 1.54) is 16.7 Å².